The first-order valence-corrected chi connectivity index (χ1v) is 12.5. The maximum atomic E-state index is 14.3. The van der Waals surface area contributed by atoms with Crippen LogP contribution >= 0.6 is 39.0 Å². The SMILES string of the molecule is O=C(Nc1cccc(SC(C(=O)Nc2ccc(Br)cc2F)c2ccccc2)c1)c1cccs1. The number of rotatable bonds is 7. The Morgan fingerprint density at radius 1 is 0.909 bits per heavy atom. The third-order valence-electron chi connectivity index (χ3n) is 4.62. The van der Waals surface area contributed by atoms with Crippen molar-refractivity contribution in [3.05, 3.63) is 111 Å². The molecule has 0 radical (unpaired) electrons. The van der Waals surface area contributed by atoms with Crippen molar-refractivity contribution in [1.29, 1.82) is 0 Å². The quantitative estimate of drug-likeness (QED) is 0.240. The van der Waals surface area contributed by atoms with Gasteiger partial charge in [-0.25, -0.2) is 4.39 Å². The smallest absolute Gasteiger partial charge is 0.265 e. The van der Waals surface area contributed by atoms with Gasteiger partial charge in [-0.3, -0.25) is 9.59 Å². The number of benzene rings is 3. The average molecular weight is 541 g/mol. The molecule has 1 aromatic heterocycles. The molecule has 0 aliphatic carbocycles. The van der Waals surface area contributed by atoms with E-state index in [-0.39, 0.29) is 17.5 Å². The first kappa shape index (κ1) is 23.2. The van der Waals surface area contributed by atoms with Crippen molar-refractivity contribution in [3.8, 4) is 0 Å². The number of anilines is 2. The largest absolute Gasteiger partial charge is 0.322 e. The lowest BCUT2D eigenvalue weighted by Gasteiger charge is -2.18. The Hall–Kier alpha value is -2.94. The van der Waals surface area contributed by atoms with Gasteiger partial charge in [0.25, 0.3) is 5.91 Å². The Bertz CT molecular complexity index is 1270. The fourth-order valence-electron chi connectivity index (χ4n) is 3.07. The molecule has 33 heavy (non-hydrogen) atoms. The van der Waals surface area contributed by atoms with Crippen LogP contribution in [0.1, 0.15) is 20.5 Å². The number of thiophene rings is 1. The molecule has 2 amide bonds. The van der Waals surface area contributed by atoms with Crippen molar-refractivity contribution in [2.45, 2.75) is 10.1 Å². The van der Waals surface area contributed by atoms with Crippen molar-refractivity contribution in [2.24, 2.45) is 0 Å². The summed E-state index contributed by atoms with van der Waals surface area (Å²) < 4.78 is 14.9. The maximum Gasteiger partial charge on any atom is 0.265 e. The van der Waals surface area contributed by atoms with Gasteiger partial charge in [0.1, 0.15) is 11.1 Å². The van der Waals surface area contributed by atoms with Crippen molar-refractivity contribution < 1.29 is 14.0 Å². The summed E-state index contributed by atoms with van der Waals surface area (Å²) in [7, 11) is 0. The molecule has 8 heteroatoms. The third kappa shape index (κ3) is 6.10. The van der Waals surface area contributed by atoms with Gasteiger partial charge in [0.05, 0.1) is 10.6 Å². The number of amides is 2. The molecule has 0 spiro atoms. The molecule has 2 N–H and O–H groups in total. The number of hydrogen-bond acceptors (Lipinski definition) is 4. The normalized spacial score (nSPS) is 11.6. The lowest BCUT2D eigenvalue weighted by Crippen LogP contribution is -2.19. The summed E-state index contributed by atoms with van der Waals surface area (Å²) >= 11 is 5.91. The van der Waals surface area contributed by atoms with Gasteiger partial charge in [-0.15, -0.1) is 23.1 Å². The van der Waals surface area contributed by atoms with Gasteiger partial charge in [0.15, 0.2) is 0 Å². The van der Waals surface area contributed by atoms with Crippen LogP contribution in [0.25, 0.3) is 0 Å². The topological polar surface area (TPSA) is 58.2 Å². The minimum absolute atomic E-state index is 0.113. The van der Waals surface area contributed by atoms with E-state index in [1.807, 2.05) is 60.0 Å². The number of carbonyl (C=O) groups excluding carboxylic acids is 2. The molecule has 0 saturated heterocycles. The molecule has 1 atom stereocenters. The van der Waals surface area contributed by atoms with E-state index < -0.39 is 11.1 Å². The first-order chi connectivity index (χ1) is 16.0. The Labute approximate surface area is 207 Å². The van der Waals surface area contributed by atoms with Gasteiger partial charge in [0, 0.05) is 15.1 Å². The van der Waals surface area contributed by atoms with E-state index in [9.17, 15) is 14.0 Å². The molecule has 3 aromatic carbocycles. The highest BCUT2D eigenvalue weighted by Gasteiger charge is 2.23. The van der Waals surface area contributed by atoms with Crippen molar-refractivity contribution in [2.75, 3.05) is 10.6 Å². The zero-order chi connectivity index (χ0) is 23.2. The fourth-order valence-corrected chi connectivity index (χ4v) is 5.11. The van der Waals surface area contributed by atoms with Crippen LogP contribution in [-0.2, 0) is 4.79 Å². The number of nitrogens with one attached hydrogen (secondary N) is 2. The Balaban J connectivity index is 1.56. The standard InChI is InChI=1S/C25H18BrFN2O2S2/c26-17-11-12-21(20(27)14-17)29-25(31)23(16-6-2-1-3-7-16)33-19-9-4-8-18(15-19)28-24(30)22-10-5-13-32-22/h1-15,23H,(H,28,30)(H,29,31). The lowest BCUT2D eigenvalue weighted by atomic mass is 10.1. The van der Waals surface area contributed by atoms with Gasteiger partial charge >= 0.3 is 0 Å². The second-order valence-corrected chi connectivity index (χ2v) is 10.0. The fraction of sp³-hybridized carbons (Fsp3) is 0.0400. The molecule has 4 nitrogen and oxygen atoms in total. The van der Waals surface area contributed by atoms with E-state index in [1.165, 1.54) is 35.2 Å². The van der Waals surface area contributed by atoms with Gasteiger partial charge < -0.3 is 10.6 Å². The van der Waals surface area contributed by atoms with Crippen LogP contribution < -0.4 is 10.6 Å². The van der Waals surface area contributed by atoms with Gasteiger partial charge in [-0.1, -0.05) is 58.4 Å². The van der Waals surface area contributed by atoms with E-state index in [1.54, 1.807) is 18.2 Å². The Morgan fingerprint density at radius 2 is 1.73 bits per heavy atom. The maximum absolute atomic E-state index is 14.3. The van der Waals surface area contributed by atoms with Crippen LogP contribution in [0.15, 0.2) is 99.7 Å². The van der Waals surface area contributed by atoms with E-state index >= 15 is 0 Å². The highest BCUT2D eigenvalue weighted by atomic mass is 79.9. The molecule has 1 heterocycles. The van der Waals surface area contributed by atoms with Gasteiger partial charge in [-0.05, 0) is 53.4 Å². The summed E-state index contributed by atoms with van der Waals surface area (Å²) in [5.74, 6) is -1.05. The van der Waals surface area contributed by atoms with Crippen LogP contribution in [0, 0.1) is 5.82 Å². The molecule has 0 aliphatic rings. The van der Waals surface area contributed by atoms with Crippen LogP contribution in [-0.4, -0.2) is 11.8 Å². The lowest BCUT2D eigenvalue weighted by molar-refractivity contribution is -0.115. The molecular formula is C25H18BrFN2O2S2. The van der Waals surface area contributed by atoms with Crippen LogP contribution in [0.5, 0.6) is 0 Å². The van der Waals surface area contributed by atoms with E-state index in [2.05, 4.69) is 26.6 Å². The van der Waals surface area contributed by atoms with E-state index in [4.69, 9.17) is 0 Å². The highest BCUT2D eigenvalue weighted by molar-refractivity contribution is 9.10. The predicted molar refractivity (Wildman–Crippen MR) is 136 cm³/mol. The number of carbonyl (C=O) groups is 2. The highest BCUT2D eigenvalue weighted by Crippen LogP contribution is 2.37. The second-order valence-electron chi connectivity index (χ2n) is 6.98. The van der Waals surface area contributed by atoms with E-state index in [0.29, 0.717) is 15.0 Å². The van der Waals surface area contributed by atoms with Gasteiger partial charge in [0.2, 0.25) is 5.91 Å². The molecule has 4 aromatic rings. The summed E-state index contributed by atoms with van der Waals surface area (Å²) in [5, 5.41) is 6.80. The zero-order valence-corrected chi connectivity index (χ0v) is 20.3. The van der Waals surface area contributed by atoms with Gasteiger partial charge in [-0.2, -0.15) is 0 Å². The first-order valence-electron chi connectivity index (χ1n) is 9.92. The molecule has 0 bridgehead atoms. The summed E-state index contributed by atoms with van der Waals surface area (Å²) in [4.78, 5) is 27.0. The minimum Gasteiger partial charge on any atom is -0.322 e. The molecule has 0 fully saturated rings. The van der Waals surface area contributed by atoms with Crippen LogP contribution in [0.2, 0.25) is 0 Å². The summed E-state index contributed by atoms with van der Waals surface area (Å²) in [6.07, 6.45) is 0. The Morgan fingerprint density at radius 3 is 2.45 bits per heavy atom. The third-order valence-corrected chi connectivity index (χ3v) is 7.23. The number of halogens is 2. The molecule has 4 rings (SSSR count). The van der Waals surface area contributed by atoms with Crippen LogP contribution in [0.3, 0.4) is 0 Å². The van der Waals surface area contributed by atoms with Crippen molar-refractivity contribution in [3.63, 3.8) is 0 Å². The molecule has 1 unspecified atom stereocenters. The molecule has 166 valence electrons. The summed E-state index contributed by atoms with van der Waals surface area (Å²) in [5.41, 5.74) is 1.52. The molecule has 0 aliphatic heterocycles. The van der Waals surface area contributed by atoms with Crippen molar-refractivity contribution >= 4 is 62.2 Å². The number of hydrogen-bond donors (Lipinski definition) is 2. The molecule has 0 saturated carbocycles. The van der Waals surface area contributed by atoms with Crippen molar-refractivity contribution in [1.82, 2.24) is 0 Å². The summed E-state index contributed by atoms with van der Waals surface area (Å²) in [6.45, 7) is 0. The summed E-state index contributed by atoms with van der Waals surface area (Å²) in [6, 6.07) is 24.7. The van der Waals surface area contributed by atoms with Crippen LogP contribution in [0.4, 0.5) is 15.8 Å². The predicted octanol–water partition coefficient (Wildman–Crippen LogP) is 7.37. The molecular weight excluding hydrogens is 523 g/mol. The zero-order valence-electron chi connectivity index (χ0n) is 17.1. The minimum atomic E-state index is -0.627. The Kier molecular flexibility index (Phi) is 7.59. The average Bonchev–Trinajstić information content (AvgIpc) is 3.35. The monoisotopic (exact) mass is 540 g/mol. The van der Waals surface area contributed by atoms with E-state index in [0.717, 1.165) is 10.5 Å². The number of thioether (sulfide) groups is 1. The second kappa shape index (κ2) is 10.8.